The minimum atomic E-state index is 0.423. The van der Waals surface area contributed by atoms with Crippen LogP contribution in [-0.4, -0.2) is 23.1 Å². The summed E-state index contributed by atoms with van der Waals surface area (Å²) in [6.07, 6.45) is 3.95. The molecule has 1 atom stereocenters. The number of hydrogen-bond donors (Lipinski definition) is 1. The molecule has 0 spiro atoms. The van der Waals surface area contributed by atoms with Gasteiger partial charge >= 0.3 is 0 Å². The van der Waals surface area contributed by atoms with Gasteiger partial charge in [0, 0.05) is 13.1 Å². The van der Waals surface area contributed by atoms with Gasteiger partial charge in [-0.15, -0.1) is 0 Å². The van der Waals surface area contributed by atoms with Crippen LogP contribution < -0.4 is 15.4 Å². The van der Waals surface area contributed by atoms with Gasteiger partial charge in [0.15, 0.2) is 5.82 Å². The van der Waals surface area contributed by atoms with E-state index >= 15 is 0 Å². The standard InChI is InChI=1S/C17H22N4O/c1-12-5-7-14(8-6-12)22-17-15(18)16(19-11-20-17)21-9-3-4-13(2)10-21/h5-8,11,13H,3-4,9-10,18H2,1-2H3. The number of benzene rings is 1. The molecule has 0 bridgehead atoms. The molecule has 2 heterocycles. The molecule has 3 rings (SSSR count). The Kier molecular flexibility index (Phi) is 4.13. The Bertz CT molecular complexity index is 642. The number of nitrogens with zero attached hydrogens (tertiary/aromatic N) is 3. The van der Waals surface area contributed by atoms with E-state index in [0.717, 1.165) is 24.7 Å². The third-order valence-corrected chi connectivity index (χ3v) is 4.02. The molecule has 22 heavy (non-hydrogen) atoms. The van der Waals surface area contributed by atoms with Crippen LogP contribution >= 0.6 is 0 Å². The molecule has 1 aromatic heterocycles. The van der Waals surface area contributed by atoms with Crippen LogP contribution in [0.4, 0.5) is 11.5 Å². The molecule has 2 aromatic rings. The third kappa shape index (κ3) is 3.13. The monoisotopic (exact) mass is 298 g/mol. The van der Waals surface area contributed by atoms with Crippen molar-refractivity contribution < 1.29 is 4.74 Å². The lowest BCUT2D eigenvalue weighted by atomic mass is 10.0. The van der Waals surface area contributed by atoms with Crippen molar-refractivity contribution in [1.29, 1.82) is 0 Å². The van der Waals surface area contributed by atoms with E-state index in [-0.39, 0.29) is 0 Å². The van der Waals surface area contributed by atoms with E-state index in [2.05, 4.69) is 21.8 Å². The van der Waals surface area contributed by atoms with Gasteiger partial charge in [0.25, 0.3) is 0 Å². The van der Waals surface area contributed by atoms with Gasteiger partial charge < -0.3 is 15.4 Å². The number of nitrogens with two attached hydrogens (primary N) is 1. The highest BCUT2D eigenvalue weighted by Crippen LogP contribution is 2.33. The molecule has 1 aliphatic heterocycles. The lowest BCUT2D eigenvalue weighted by Crippen LogP contribution is -2.35. The number of piperidine rings is 1. The summed E-state index contributed by atoms with van der Waals surface area (Å²) in [7, 11) is 0. The number of aryl methyl sites for hydroxylation is 1. The van der Waals surface area contributed by atoms with Gasteiger partial charge in [-0.1, -0.05) is 24.6 Å². The smallest absolute Gasteiger partial charge is 0.248 e. The molecule has 0 amide bonds. The summed E-state index contributed by atoms with van der Waals surface area (Å²) < 4.78 is 5.82. The normalized spacial score (nSPS) is 18.3. The summed E-state index contributed by atoms with van der Waals surface area (Å²) in [5.41, 5.74) is 7.94. The maximum absolute atomic E-state index is 6.25. The minimum absolute atomic E-state index is 0.423. The van der Waals surface area contributed by atoms with Gasteiger partial charge in [0.1, 0.15) is 17.8 Å². The van der Waals surface area contributed by atoms with Crippen LogP contribution in [0.2, 0.25) is 0 Å². The quantitative estimate of drug-likeness (QED) is 0.941. The summed E-state index contributed by atoms with van der Waals surface area (Å²) in [5, 5.41) is 0. The van der Waals surface area contributed by atoms with E-state index in [9.17, 15) is 0 Å². The molecule has 5 heteroatoms. The highest BCUT2D eigenvalue weighted by molar-refractivity contribution is 5.68. The molecular weight excluding hydrogens is 276 g/mol. The highest BCUT2D eigenvalue weighted by Gasteiger charge is 2.21. The number of anilines is 2. The first-order valence-electron chi connectivity index (χ1n) is 7.73. The van der Waals surface area contributed by atoms with Crippen LogP contribution in [-0.2, 0) is 0 Å². The number of ether oxygens (including phenoxy) is 1. The van der Waals surface area contributed by atoms with Crippen molar-refractivity contribution in [2.24, 2.45) is 5.92 Å². The van der Waals surface area contributed by atoms with Gasteiger partial charge in [0.05, 0.1) is 0 Å². The van der Waals surface area contributed by atoms with Gasteiger partial charge in [-0.3, -0.25) is 0 Å². The van der Waals surface area contributed by atoms with Crippen molar-refractivity contribution in [2.45, 2.75) is 26.7 Å². The zero-order chi connectivity index (χ0) is 15.5. The first-order valence-corrected chi connectivity index (χ1v) is 7.73. The maximum atomic E-state index is 6.25. The van der Waals surface area contributed by atoms with E-state index in [1.54, 1.807) is 0 Å². The van der Waals surface area contributed by atoms with Crippen molar-refractivity contribution in [1.82, 2.24) is 9.97 Å². The van der Waals surface area contributed by atoms with E-state index in [4.69, 9.17) is 10.5 Å². The van der Waals surface area contributed by atoms with Crippen molar-refractivity contribution in [3.05, 3.63) is 36.2 Å². The van der Waals surface area contributed by atoms with E-state index in [0.29, 0.717) is 17.5 Å². The van der Waals surface area contributed by atoms with Crippen LogP contribution in [0.25, 0.3) is 0 Å². The fourth-order valence-electron chi connectivity index (χ4n) is 2.80. The Balaban J connectivity index is 1.83. The molecule has 1 saturated heterocycles. The Morgan fingerprint density at radius 3 is 2.73 bits per heavy atom. The number of nitrogen functional groups attached to an aromatic ring is 1. The Morgan fingerprint density at radius 1 is 1.23 bits per heavy atom. The van der Waals surface area contributed by atoms with Gasteiger partial charge in [-0.05, 0) is 37.8 Å². The Morgan fingerprint density at radius 2 is 2.00 bits per heavy atom. The van der Waals surface area contributed by atoms with Crippen molar-refractivity contribution in [2.75, 3.05) is 23.7 Å². The van der Waals surface area contributed by atoms with E-state index in [1.165, 1.54) is 24.7 Å². The van der Waals surface area contributed by atoms with Crippen LogP contribution in [0.15, 0.2) is 30.6 Å². The van der Waals surface area contributed by atoms with Gasteiger partial charge in [-0.2, -0.15) is 4.98 Å². The second kappa shape index (κ2) is 6.22. The predicted octanol–water partition coefficient (Wildman–Crippen LogP) is 3.40. The van der Waals surface area contributed by atoms with Crippen molar-refractivity contribution >= 4 is 11.5 Å². The Labute approximate surface area is 131 Å². The first-order chi connectivity index (χ1) is 10.6. The van der Waals surface area contributed by atoms with E-state index < -0.39 is 0 Å². The number of aromatic nitrogens is 2. The summed E-state index contributed by atoms with van der Waals surface area (Å²) in [6, 6.07) is 7.83. The predicted molar refractivity (Wildman–Crippen MR) is 88.3 cm³/mol. The fraction of sp³-hybridized carbons (Fsp3) is 0.412. The van der Waals surface area contributed by atoms with Crippen LogP contribution in [0.5, 0.6) is 11.6 Å². The molecular formula is C17H22N4O. The largest absolute Gasteiger partial charge is 0.437 e. The SMILES string of the molecule is Cc1ccc(Oc2ncnc(N3CCCC(C)C3)c2N)cc1. The molecule has 1 aliphatic rings. The second-order valence-corrected chi connectivity index (χ2v) is 6.02. The fourth-order valence-corrected chi connectivity index (χ4v) is 2.80. The highest BCUT2D eigenvalue weighted by atomic mass is 16.5. The zero-order valence-corrected chi connectivity index (χ0v) is 13.1. The average molecular weight is 298 g/mol. The van der Waals surface area contributed by atoms with Crippen molar-refractivity contribution in [3.8, 4) is 11.6 Å². The molecule has 1 fully saturated rings. The average Bonchev–Trinajstić information content (AvgIpc) is 2.51. The summed E-state index contributed by atoms with van der Waals surface area (Å²) >= 11 is 0. The van der Waals surface area contributed by atoms with Gasteiger partial charge in [0.2, 0.25) is 5.88 Å². The number of hydrogen-bond acceptors (Lipinski definition) is 5. The third-order valence-electron chi connectivity index (χ3n) is 4.02. The summed E-state index contributed by atoms with van der Waals surface area (Å²) in [5.74, 6) is 2.59. The lowest BCUT2D eigenvalue weighted by molar-refractivity contribution is 0.441. The van der Waals surface area contributed by atoms with Crippen LogP contribution in [0.1, 0.15) is 25.3 Å². The number of rotatable bonds is 3. The molecule has 5 nitrogen and oxygen atoms in total. The molecule has 0 radical (unpaired) electrons. The van der Waals surface area contributed by atoms with Gasteiger partial charge in [-0.25, -0.2) is 4.98 Å². The Hall–Kier alpha value is -2.30. The summed E-state index contributed by atoms with van der Waals surface area (Å²) in [6.45, 7) is 6.26. The first kappa shape index (κ1) is 14.6. The lowest BCUT2D eigenvalue weighted by Gasteiger charge is -2.32. The minimum Gasteiger partial charge on any atom is -0.437 e. The molecule has 116 valence electrons. The molecule has 2 N–H and O–H groups in total. The zero-order valence-electron chi connectivity index (χ0n) is 13.1. The maximum Gasteiger partial charge on any atom is 0.248 e. The summed E-state index contributed by atoms with van der Waals surface area (Å²) in [4.78, 5) is 10.8. The molecule has 0 aliphatic carbocycles. The molecule has 0 saturated carbocycles. The molecule has 1 aromatic carbocycles. The van der Waals surface area contributed by atoms with Crippen LogP contribution in [0.3, 0.4) is 0 Å². The van der Waals surface area contributed by atoms with E-state index in [1.807, 2.05) is 31.2 Å². The second-order valence-electron chi connectivity index (χ2n) is 6.02. The van der Waals surface area contributed by atoms with Crippen molar-refractivity contribution in [3.63, 3.8) is 0 Å². The topological polar surface area (TPSA) is 64.3 Å². The molecule has 1 unspecified atom stereocenters. The van der Waals surface area contributed by atoms with Crippen LogP contribution in [0, 0.1) is 12.8 Å².